The first kappa shape index (κ1) is 16.8. The van der Waals surface area contributed by atoms with E-state index in [1.807, 2.05) is 48.5 Å². The number of nitrogens with two attached hydrogens (primary N) is 1. The number of hydrogen-bond acceptors (Lipinski definition) is 4. The fourth-order valence-electron chi connectivity index (χ4n) is 2.79. The lowest BCUT2D eigenvalue weighted by molar-refractivity contribution is -0.121. The molecule has 1 amide bonds. The quantitative estimate of drug-likeness (QED) is 0.898. The summed E-state index contributed by atoms with van der Waals surface area (Å²) in [7, 11) is 0. The number of thioether (sulfide) groups is 1. The topological polar surface area (TPSA) is 68.0 Å². The molecule has 1 saturated heterocycles. The van der Waals surface area contributed by atoms with Crippen molar-refractivity contribution < 1.29 is 4.79 Å². The van der Waals surface area contributed by atoms with Gasteiger partial charge in [-0.2, -0.15) is 0 Å². The lowest BCUT2D eigenvalue weighted by atomic mass is 9.87. The van der Waals surface area contributed by atoms with Crippen molar-refractivity contribution in [1.82, 2.24) is 10.3 Å². The second-order valence-corrected chi connectivity index (χ2v) is 6.31. The van der Waals surface area contributed by atoms with Crippen LogP contribution in [0.5, 0.6) is 0 Å². The molecule has 2 atom stereocenters. The number of carbonyl (C=O) groups is 1. The van der Waals surface area contributed by atoms with Crippen LogP contribution in [0.15, 0.2) is 54.7 Å². The molecule has 6 heteroatoms. The second-order valence-electron chi connectivity index (χ2n) is 4.97. The molecular weight excluding hydrogens is 318 g/mol. The van der Waals surface area contributed by atoms with E-state index in [0.717, 1.165) is 23.6 Å². The molecule has 1 aromatic carbocycles. The summed E-state index contributed by atoms with van der Waals surface area (Å²) in [6.07, 6.45) is 1.75. The highest BCUT2D eigenvalue weighted by Gasteiger charge is 2.49. The van der Waals surface area contributed by atoms with Crippen LogP contribution in [0.25, 0.3) is 0 Å². The van der Waals surface area contributed by atoms with Gasteiger partial charge < -0.3 is 5.73 Å². The predicted molar refractivity (Wildman–Crippen MR) is 92.2 cm³/mol. The minimum absolute atomic E-state index is 0. The van der Waals surface area contributed by atoms with Gasteiger partial charge in [0.05, 0.1) is 11.6 Å². The summed E-state index contributed by atoms with van der Waals surface area (Å²) in [5, 5.41) is 3.32. The smallest absolute Gasteiger partial charge is 0.249 e. The average molecular weight is 336 g/mol. The van der Waals surface area contributed by atoms with Gasteiger partial charge in [-0.1, -0.05) is 36.4 Å². The van der Waals surface area contributed by atoms with Crippen molar-refractivity contribution in [2.45, 2.75) is 10.8 Å². The largest absolute Gasteiger partial charge is 0.367 e. The monoisotopic (exact) mass is 335 g/mol. The number of aromatic nitrogens is 1. The van der Waals surface area contributed by atoms with Gasteiger partial charge in [-0.15, -0.1) is 24.2 Å². The highest BCUT2D eigenvalue weighted by atomic mass is 35.5. The molecule has 2 aromatic rings. The number of benzene rings is 1. The molecule has 3 rings (SSSR count). The first-order valence-electron chi connectivity index (χ1n) is 6.89. The average Bonchev–Trinajstić information content (AvgIpc) is 3.00. The summed E-state index contributed by atoms with van der Waals surface area (Å²) in [6.45, 7) is 0.768. The van der Waals surface area contributed by atoms with E-state index in [9.17, 15) is 4.79 Å². The SMILES string of the molecule is Cl.NC(=O)C1([C@H](c2ccccc2)c2ccccn2)NCCS1. The van der Waals surface area contributed by atoms with Crippen LogP contribution >= 0.6 is 24.2 Å². The van der Waals surface area contributed by atoms with Gasteiger partial charge >= 0.3 is 0 Å². The lowest BCUT2D eigenvalue weighted by Gasteiger charge is -2.34. The van der Waals surface area contributed by atoms with Crippen LogP contribution in [0.2, 0.25) is 0 Å². The third-order valence-corrected chi connectivity index (χ3v) is 5.15. The summed E-state index contributed by atoms with van der Waals surface area (Å²) < 4.78 is 0. The molecule has 0 aliphatic carbocycles. The molecule has 2 heterocycles. The minimum atomic E-state index is -0.838. The summed E-state index contributed by atoms with van der Waals surface area (Å²) in [5.41, 5.74) is 7.65. The number of nitrogens with zero attached hydrogens (tertiary/aromatic N) is 1. The van der Waals surface area contributed by atoms with Crippen molar-refractivity contribution in [1.29, 1.82) is 0 Å². The van der Waals surface area contributed by atoms with E-state index >= 15 is 0 Å². The maximum absolute atomic E-state index is 12.2. The van der Waals surface area contributed by atoms with Crippen LogP contribution in [-0.4, -0.2) is 28.1 Å². The predicted octanol–water partition coefficient (Wildman–Crippen LogP) is 2.15. The fourth-order valence-corrected chi connectivity index (χ4v) is 4.09. The summed E-state index contributed by atoms with van der Waals surface area (Å²) in [4.78, 5) is 15.9. The van der Waals surface area contributed by atoms with Crippen molar-refractivity contribution in [2.75, 3.05) is 12.3 Å². The highest BCUT2D eigenvalue weighted by molar-refractivity contribution is 8.01. The molecule has 4 nitrogen and oxygen atoms in total. The molecule has 0 radical (unpaired) electrons. The number of rotatable bonds is 4. The van der Waals surface area contributed by atoms with E-state index in [-0.39, 0.29) is 24.2 Å². The van der Waals surface area contributed by atoms with Crippen LogP contribution < -0.4 is 11.1 Å². The van der Waals surface area contributed by atoms with Crippen LogP contribution in [0.4, 0.5) is 0 Å². The van der Waals surface area contributed by atoms with E-state index < -0.39 is 4.87 Å². The zero-order valence-corrected chi connectivity index (χ0v) is 13.6. The third kappa shape index (κ3) is 2.97. The molecule has 0 bridgehead atoms. The maximum Gasteiger partial charge on any atom is 0.249 e. The van der Waals surface area contributed by atoms with E-state index in [2.05, 4.69) is 10.3 Å². The number of nitrogens with one attached hydrogen (secondary N) is 1. The molecule has 1 fully saturated rings. The van der Waals surface area contributed by atoms with Gasteiger partial charge in [-0.05, 0) is 17.7 Å². The first-order valence-corrected chi connectivity index (χ1v) is 7.87. The molecule has 0 saturated carbocycles. The molecule has 1 aliphatic heterocycles. The van der Waals surface area contributed by atoms with E-state index in [1.165, 1.54) is 0 Å². The molecular formula is C16H18ClN3OS. The normalized spacial score (nSPS) is 21.8. The Morgan fingerprint density at radius 3 is 2.50 bits per heavy atom. The van der Waals surface area contributed by atoms with Gasteiger partial charge in [0.1, 0.15) is 0 Å². The Hall–Kier alpha value is -1.56. The first-order chi connectivity index (χ1) is 10.2. The molecule has 0 spiro atoms. The van der Waals surface area contributed by atoms with Crippen LogP contribution in [0, 0.1) is 0 Å². The zero-order valence-electron chi connectivity index (χ0n) is 11.9. The Bertz CT molecular complexity index is 578. The van der Waals surface area contributed by atoms with E-state index in [0.29, 0.717) is 0 Å². The summed E-state index contributed by atoms with van der Waals surface area (Å²) in [6, 6.07) is 15.7. The molecule has 1 aliphatic rings. The Morgan fingerprint density at radius 2 is 1.95 bits per heavy atom. The van der Waals surface area contributed by atoms with Crippen LogP contribution in [0.3, 0.4) is 0 Å². The summed E-state index contributed by atoms with van der Waals surface area (Å²) in [5.74, 6) is 0.313. The van der Waals surface area contributed by atoms with Crippen molar-refractivity contribution in [3.63, 3.8) is 0 Å². The Balaban J connectivity index is 0.00000176. The van der Waals surface area contributed by atoms with E-state index in [4.69, 9.17) is 5.73 Å². The number of hydrogen-bond donors (Lipinski definition) is 2. The van der Waals surface area contributed by atoms with Crippen LogP contribution in [0.1, 0.15) is 17.2 Å². The molecule has 1 unspecified atom stereocenters. The van der Waals surface area contributed by atoms with Gasteiger partial charge in [0.15, 0.2) is 4.87 Å². The van der Waals surface area contributed by atoms with Gasteiger partial charge in [0, 0.05) is 18.5 Å². The minimum Gasteiger partial charge on any atom is -0.367 e. The standard InChI is InChI=1S/C16H17N3OS.ClH/c17-15(20)16(19-10-11-21-16)14(12-6-2-1-3-7-12)13-8-4-5-9-18-13;/h1-9,14,19H,10-11H2,(H2,17,20);1H/t14-,16?;/m1./s1. The van der Waals surface area contributed by atoms with Crippen LogP contribution in [-0.2, 0) is 4.79 Å². The molecule has 3 N–H and O–H groups in total. The Kier molecular flexibility index (Phi) is 5.45. The maximum atomic E-state index is 12.2. The van der Waals surface area contributed by atoms with Crippen molar-refractivity contribution >= 4 is 30.1 Å². The number of amides is 1. The number of carbonyl (C=O) groups excluding carboxylic acids is 1. The Morgan fingerprint density at radius 1 is 1.23 bits per heavy atom. The third-order valence-electron chi connectivity index (χ3n) is 3.71. The molecule has 1 aromatic heterocycles. The molecule has 116 valence electrons. The highest BCUT2D eigenvalue weighted by Crippen LogP contribution is 2.43. The number of pyridine rings is 1. The zero-order chi connectivity index (χ0) is 14.7. The van der Waals surface area contributed by atoms with Gasteiger partial charge in [0.25, 0.3) is 0 Å². The second kappa shape index (κ2) is 7.13. The molecule has 22 heavy (non-hydrogen) atoms. The van der Waals surface area contributed by atoms with Crippen molar-refractivity contribution in [3.8, 4) is 0 Å². The number of primary amides is 1. The van der Waals surface area contributed by atoms with Gasteiger partial charge in [-0.3, -0.25) is 15.1 Å². The Labute approximate surface area is 140 Å². The van der Waals surface area contributed by atoms with Gasteiger partial charge in [0.2, 0.25) is 5.91 Å². The van der Waals surface area contributed by atoms with Crippen molar-refractivity contribution in [2.24, 2.45) is 5.73 Å². The number of halogens is 1. The summed E-state index contributed by atoms with van der Waals surface area (Å²) >= 11 is 1.57. The van der Waals surface area contributed by atoms with Crippen molar-refractivity contribution in [3.05, 3.63) is 66.0 Å². The lowest BCUT2D eigenvalue weighted by Crippen LogP contribution is -2.54. The fraction of sp³-hybridized carbons (Fsp3) is 0.250. The van der Waals surface area contributed by atoms with E-state index in [1.54, 1.807) is 18.0 Å². The van der Waals surface area contributed by atoms with Gasteiger partial charge in [-0.25, -0.2) is 0 Å².